The highest BCUT2D eigenvalue weighted by molar-refractivity contribution is 5.94. The monoisotopic (exact) mass is 564 g/mol. The van der Waals surface area contributed by atoms with Crippen molar-refractivity contribution < 1.29 is 14.3 Å². The van der Waals surface area contributed by atoms with Gasteiger partial charge in [-0.3, -0.25) is 14.5 Å². The number of ether oxygens (including phenoxy) is 1. The van der Waals surface area contributed by atoms with Crippen LogP contribution >= 0.6 is 0 Å². The predicted octanol–water partition coefficient (Wildman–Crippen LogP) is 4.86. The van der Waals surface area contributed by atoms with E-state index in [-0.39, 0.29) is 17.7 Å². The summed E-state index contributed by atoms with van der Waals surface area (Å²) in [6.45, 7) is 4.89. The molecule has 1 saturated heterocycles. The van der Waals surface area contributed by atoms with E-state index in [1.54, 1.807) is 18.0 Å². The molecule has 42 heavy (non-hydrogen) atoms. The summed E-state index contributed by atoms with van der Waals surface area (Å²) in [4.78, 5) is 38.3. The lowest BCUT2D eigenvalue weighted by atomic mass is 10.0. The molecule has 1 fully saturated rings. The average molecular weight is 565 g/mol. The van der Waals surface area contributed by atoms with Gasteiger partial charge < -0.3 is 20.3 Å². The number of nitrogens with zero attached hydrogens (tertiary/aromatic N) is 4. The third-order valence-electron chi connectivity index (χ3n) is 7.19. The van der Waals surface area contributed by atoms with Crippen molar-refractivity contribution in [2.45, 2.75) is 32.7 Å². The maximum atomic E-state index is 13.1. The van der Waals surface area contributed by atoms with Gasteiger partial charge in [-0.05, 0) is 80.6 Å². The molecule has 2 aromatic carbocycles. The number of amides is 2. The van der Waals surface area contributed by atoms with Gasteiger partial charge in [-0.15, -0.1) is 0 Å². The summed E-state index contributed by atoms with van der Waals surface area (Å²) in [5.41, 5.74) is 4.22. The van der Waals surface area contributed by atoms with E-state index >= 15 is 0 Å². The van der Waals surface area contributed by atoms with Gasteiger partial charge in [0.1, 0.15) is 5.75 Å². The summed E-state index contributed by atoms with van der Waals surface area (Å²) < 4.78 is 5.95. The third-order valence-corrected chi connectivity index (χ3v) is 7.19. The maximum absolute atomic E-state index is 13.1. The summed E-state index contributed by atoms with van der Waals surface area (Å²) in [7, 11) is 2.06. The first-order valence-electron chi connectivity index (χ1n) is 14.3. The smallest absolute Gasteiger partial charge is 0.298 e. The molecule has 2 amide bonds. The lowest BCUT2D eigenvalue weighted by Crippen LogP contribution is -2.28. The van der Waals surface area contributed by atoms with Crippen LogP contribution in [0.2, 0.25) is 0 Å². The number of nitrogens with one attached hydrogen (secondary N) is 2. The first-order valence-corrected chi connectivity index (χ1v) is 14.3. The Labute approximate surface area is 247 Å². The molecule has 1 aromatic heterocycles. The molecule has 3 heterocycles. The van der Waals surface area contributed by atoms with Crippen LogP contribution < -0.4 is 15.4 Å². The number of carbonyl (C=O) groups excluding carboxylic acids is 2. The van der Waals surface area contributed by atoms with Crippen LogP contribution in [0.3, 0.4) is 0 Å². The minimum Gasteiger partial charge on any atom is -0.493 e. The molecule has 2 aliphatic heterocycles. The van der Waals surface area contributed by atoms with Crippen LogP contribution in [0.15, 0.2) is 66.9 Å². The lowest BCUT2D eigenvalue weighted by Gasteiger charge is -2.18. The van der Waals surface area contributed by atoms with E-state index in [0.717, 1.165) is 47.6 Å². The van der Waals surface area contributed by atoms with Gasteiger partial charge in [0.2, 0.25) is 11.9 Å². The van der Waals surface area contributed by atoms with E-state index in [1.165, 1.54) is 0 Å². The molecule has 0 saturated carbocycles. The van der Waals surface area contributed by atoms with Crippen molar-refractivity contribution in [2.75, 3.05) is 43.9 Å². The van der Waals surface area contributed by atoms with E-state index in [2.05, 4.69) is 57.6 Å². The van der Waals surface area contributed by atoms with Gasteiger partial charge in [0, 0.05) is 55.7 Å². The van der Waals surface area contributed by atoms with Gasteiger partial charge in [-0.25, -0.2) is 9.97 Å². The lowest BCUT2D eigenvalue weighted by molar-refractivity contribution is -0.124. The van der Waals surface area contributed by atoms with E-state index in [1.807, 2.05) is 42.5 Å². The normalized spacial score (nSPS) is 17.9. The summed E-state index contributed by atoms with van der Waals surface area (Å²) in [6, 6.07) is 15.7. The Morgan fingerprint density at radius 1 is 1.17 bits per heavy atom. The highest BCUT2D eigenvalue weighted by Gasteiger charge is 2.27. The van der Waals surface area contributed by atoms with E-state index in [4.69, 9.17) is 9.72 Å². The van der Waals surface area contributed by atoms with Crippen molar-refractivity contribution in [3.8, 4) is 28.8 Å². The molecule has 6 bridgehead atoms. The fraction of sp³-hybridized carbons (Fsp3) is 0.333. The Morgan fingerprint density at radius 3 is 2.95 bits per heavy atom. The SMILES string of the molecule is CC#CC(=O)N1CCC(CC(=O)Nc2cc3cc(c2)Nc2nccc(n2)-c2cccc(c2)OCC/C=C/CN(C)C3)C1. The molecule has 1 atom stereocenters. The number of benzene rings is 2. The van der Waals surface area contributed by atoms with Crippen molar-refractivity contribution in [3.05, 3.63) is 72.4 Å². The molecule has 9 nitrogen and oxygen atoms in total. The number of hydrogen-bond acceptors (Lipinski definition) is 7. The van der Waals surface area contributed by atoms with E-state index in [0.29, 0.717) is 44.3 Å². The van der Waals surface area contributed by atoms with Gasteiger partial charge in [-0.2, -0.15) is 0 Å². The van der Waals surface area contributed by atoms with Gasteiger partial charge >= 0.3 is 0 Å². The van der Waals surface area contributed by atoms with E-state index in [9.17, 15) is 9.59 Å². The van der Waals surface area contributed by atoms with Crippen molar-refractivity contribution in [2.24, 2.45) is 5.92 Å². The molecule has 0 radical (unpaired) electrons. The molecule has 0 spiro atoms. The van der Waals surface area contributed by atoms with Crippen LogP contribution in [0.4, 0.5) is 17.3 Å². The predicted molar refractivity (Wildman–Crippen MR) is 164 cm³/mol. The fourth-order valence-electron chi connectivity index (χ4n) is 5.22. The first kappa shape index (κ1) is 28.8. The number of rotatable bonds is 3. The second kappa shape index (κ2) is 13.8. The van der Waals surface area contributed by atoms with Crippen LogP contribution in [0, 0.1) is 17.8 Å². The molecule has 2 aliphatic rings. The topological polar surface area (TPSA) is 99.7 Å². The van der Waals surface area contributed by atoms with Gasteiger partial charge in [0.15, 0.2) is 0 Å². The molecular formula is C33H36N6O3. The molecule has 3 aromatic rings. The molecule has 0 aliphatic carbocycles. The van der Waals surface area contributed by atoms with E-state index < -0.39 is 0 Å². The van der Waals surface area contributed by atoms with Gasteiger partial charge in [0.25, 0.3) is 5.91 Å². The molecule has 1 unspecified atom stereocenters. The Balaban J connectivity index is 1.36. The average Bonchev–Trinajstić information content (AvgIpc) is 3.43. The van der Waals surface area contributed by atoms with Gasteiger partial charge in [-0.1, -0.05) is 30.2 Å². The summed E-state index contributed by atoms with van der Waals surface area (Å²) in [5, 5.41) is 6.42. The minimum absolute atomic E-state index is 0.0786. The molecule has 2 N–H and O–H groups in total. The number of fused-ring (bicyclic) bond motifs is 7. The molecule has 9 heteroatoms. The highest BCUT2D eigenvalue weighted by atomic mass is 16.5. The Morgan fingerprint density at radius 2 is 2.07 bits per heavy atom. The molecule has 5 rings (SSSR count). The second-order valence-corrected chi connectivity index (χ2v) is 10.7. The maximum Gasteiger partial charge on any atom is 0.298 e. The fourth-order valence-corrected chi connectivity index (χ4v) is 5.22. The Kier molecular flexibility index (Phi) is 9.47. The number of carbonyl (C=O) groups is 2. The molecule has 216 valence electrons. The summed E-state index contributed by atoms with van der Waals surface area (Å²) in [5.74, 6) is 6.36. The van der Waals surface area contributed by atoms with Crippen molar-refractivity contribution >= 4 is 29.1 Å². The summed E-state index contributed by atoms with van der Waals surface area (Å²) >= 11 is 0. The number of aromatic nitrogens is 2. The van der Waals surface area contributed by atoms with Crippen molar-refractivity contribution in [1.29, 1.82) is 0 Å². The minimum atomic E-state index is -0.174. The van der Waals surface area contributed by atoms with Gasteiger partial charge in [0.05, 0.1) is 12.3 Å². The van der Waals surface area contributed by atoms with Crippen LogP contribution in [0.1, 0.15) is 31.7 Å². The zero-order chi connectivity index (χ0) is 29.3. The zero-order valence-electron chi connectivity index (χ0n) is 24.1. The number of likely N-dealkylation sites (N-methyl/N-ethyl adjacent to an activating group) is 1. The third kappa shape index (κ3) is 7.95. The second-order valence-electron chi connectivity index (χ2n) is 10.7. The first-order chi connectivity index (χ1) is 20.4. The van der Waals surface area contributed by atoms with Crippen LogP contribution in [0.25, 0.3) is 11.3 Å². The zero-order valence-corrected chi connectivity index (χ0v) is 24.1. The van der Waals surface area contributed by atoms with Crippen molar-refractivity contribution in [3.63, 3.8) is 0 Å². The summed E-state index contributed by atoms with van der Waals surface area (Å²) in [6.07, 6.45) is 7.95. The molecular weight excluding hydrogens is 528 g/mol. The number of hydrogen-bond donors (Lipinski definition) is 2. The highest BCUT2D eigenvalue weighted by Crippen LogP contribution is 2.27. The van der Waals surface area contributed by atoms with Crippen LogP contribution in [-0.2, 0) is 16.1 Å². The van der Waals surface area contributed by atoms with Crippen LogP contribution in [0.5, 0.6) is 5.75 Å². The largest absolute Gasteiger partial charge is 0.493 e. The number of anilines is 3. The van der Waals surface area contributed by atoms with Crippen molar-refractivity contribution in [1.82, 2.24) is 19.8 Å². The Hall–Kier alpha value is -4.68. The quantitative estimate of drug-likeness (QED) is 0.346. The number of likely N-dealkylation sites (tertiary alicyclic amines) is 1. The Bertz CT molecular complexity index is 1530. The van der Waals surface area contributed by atoms with Crippen LogP contribution in [-0.4, -0.2) is 64.9 Å². The standard InChI is InChI=1S/C33H36N6O3/c1-3-8-32(41)39-15-12-24(23-39)19-31(40)35-27-17-25-18-28(21-27)36-33-34-13-11-30(37-33)26-9-7-10-29(20-26)42-16-6-4-5-14-38(2)22-25/h4-5,7,9-11,13,17-18,20-21,24H,6,12,14-16,19,22-23H2,1-2H3,(H,35,40)(H,34,36,37)/b5-4+.